The molecule has 4 N–H and O–H groups in total. The van der Waals surface area contributed by atoms with Crippen molar-refractivity contribution in [1.29, 1.82) is 0 Å². The van der Waals surface area contributed by atoms with E-state index in [1.807, 2.05) is 13.8 Å². The van der Waals surface area contributed by atoms with Crippen LogP contribution < -0.4 is 16.4 Å². The number of rotatable bonds is 0. The average molecular weight is 293 g/mol. The highest BCUT2D eigenvalue weighted by Gasteiger charge is 2.38. The van der Waals surface area contributed by atoms with Crippen LogP contribution >= 0.6 is 0 Å². The van der Waals surface area contributed by atoms with Crippen molar-refractivity contribution in [1.82, 2.24) is 0 Å². The van der Waals surface area contributed by atoms with Crippen LogP contribution in [0.2, 0.25) is 0 Å². The van der Waals surface area contributed by atoms with Crippen LogP contribution in [0.3, 0.4) is 0 Å². The largest absolute Gasteiger partial charge is 0.398 e. The lowest BCUT2D eigenvalue weighted by molar-refractivity contribution is 0.0980. The fourth-order valence-electron chi connectivity index (χ4n) is 3.23. The van der Waals surface area contributed by atoms with Gasteiger partial charge in [0.2, 0.25) is 0 Å². The van der Waals surface area contributed by atoms with Crippen LogP contribution in [0.25, 0.3) is 0 Å². The molecule has 1 aliphatic carbocycles. The van der Waals surface area contributed by atoms with Crippen molar-refractivity contribution in [3.05, 3.63) is 52.6 Å². The molecule has 110 valence electrons. The van der Waals surface area contributed by atoms with Crippen LogP contribution in [-0.4, -0.2) is 17.2 Å². The van der Waals surface area contributed by atoms with Gasteiger partial charge in [-0.25, -0.2) is 0 Å². The van der Waals surface area contributed by atoms with E-state index in [4.69, 9.17) is 5.73 Å². The molecule has 2 aromatic rings. The number of nitrogens with two attached hydrogens (primary N) is 1. The molecule has 5 nitrogen and oxygen atoms in total. The third-order valence-electron chi connectivity index (χ3n) is 4.11. The van der Waals surface area contributed by atoms with Crippen molar-refractivity contribution >= 4 is 28.6 Å². The summed E-state index contributed by atoms with van der Waals surface area (Å²) in [5.74, 6) is -0.363. The number of nitrogen functional groups attached to an aromatic ring is 1. The third-order valence-corrected chi connectivity index (χ3v) is 4.11. The van der Waals surface area contributed by atoms with Gasteiger partial charge in [-0.15, -0.1) is 0 Å². The fourth-order valence-corrected chi connectivity index (χ4v) is 3.23. The molecule has 0 spiro atoms. The molecule has 0 bridgehead atoms. The van der Waals surface area contributed by atoms with Crippen molar-refractivity contribution in [2.45, 2.75) is 19.5 Å². The summed E-state index contributed by atoms with van der Waals surface area (Å²) < 4.78 is 0. The first-order valence-electron chi connectivity index (χ1n) is 7.10. The second kappa shape index (κ2) is 3.88. The van der Waals surface area contributed by atoms with Crippen LogP contribution in [-0.2, 0) is 0 Å². The molecule has 2 aliphatic rings. The summed E-state index contributed by atoms with van der Waals surface area (Å²) in [4.78, 5) is 25.7. The molecule has 1 aliphatic heterocycles. The minimum Gasteiger partial charge on any atom is -0.398 e. The Labute approximate surface area is 127 Å². The van der Waals surface area contributed by atoms with Crippen molar-refractivity contribution in [2.75, 3.05) is 16.4 Å². The molecule has 0 radical (unpaired) electrons. The summed E-state index contributed by atoms with van der Waals surface area (Å²) in [5, 5.41) is 6.54. The highest BCUT2D eigenvalue weighted by molar-refractivity contribution is 6.32. The maximum Gasteiger partial charge on any atom is 0.196 e. The summed E-state index contributed by atoms with van der Waals surface area (Å²) in [7, 11) is 0. The first-order chi connectivity index (χ1) is 10.4. The van der Waals surface area contributed by atoms with E-state index in [9.17, 15) is 9.59 Å². The Bertz CT molecular complexity index is 868. The quantitative estimate of drug-likeness (QED) is 0.555. The van der Waals surface area contributed by atoms with Gasteiger partial charge in [0, 0.05) is 16.8 Å². The lowest BCUT2D eigenvalue weighted by atomic mass is 9.82. The number of nitrogens with one attached hydrogen (secondary N) is 2. The Morgan fingerprint density at radius 1 is 0.955 bits per heavy atom. The van der Waals surface area contributed by atoms with Gasteiger partial charge in [-0.1, -0.05) is 24.3 Å². The number of fused-ring (bicyclic) bond motifs is 4. The normalized spacial score (nSPS) is 17.2. The van der Waals surface area contributed by atoms with Gasteiger partial charge in [0.25, 0.3) is 0 Å². The number of hydrogen-bond donors (Lipinski definition) is 3. The minimum atomic E-state index is -0.399. The van der Waals surface area contributed by atoms with E-state index >= 15 is 0 Å². The third kappa shape index (κ3) is 1.53. The Hall–Kier alpha value is -2.82. The van der Waals surface area contributed by atoms with Gasteiger partial charge >= 0.3 is 0 Å². The van der Waals surface area contributed by atoms with E-state index in [2.05, 4.69) is 10.6 Å². The van der Waals surface area contributed by atoms with E-state index in [0.29, 0.717) is 33.6 Å². The number of hydrogen-bond acceptors (Lipinski definition) is 5. The summed E-state index contributed by atoms with van der Waals surface area (Å²) in [5.41, 5.74) is 8.92. The summed E-state index contributed by atoms with van der Waals surface area (Å²) in [6.45, 7) is 3.91. The van der Waals surface area contributed by atoms with E-state index in [0.717, 1.165) is 5.69 Å². The van der Waals surface area contributed by atoms with Gasteiger partial charge in [0.1, 0.15) is 5.66 Å². The van der Waals surface area contributed by atoms with E-state index in [-0.39, 0.29) is 11.6 Å². The Balaban J connectivity index is 2.05. The molecule has 1 heterocycles. The lowest BCUT2D eigenvalue weighted by Crippen LogP contribution is -2.34. The van der Waals surface area contributed by atoms with Crippen molar-refractivity contribution in [3.63, 3.8) is 0 Å². The van der Waals surface area contributed by atoms with Gasteiger partial charge in [0.15, 0.2) is 11.6 Å². The molecule has 0 amide bonds. The van der Waals surface area contributed by atoms with Gasteiger partial charge < -0.3 is 16.4 Å². The number of carbonyl (C=O) groups is 2. The zero-order chi connectivity index (χ0) is 15.6. The predicted molar refractivity (Wildman–Crippen MR) is 85.5 cm³/mol. The molecule has 22 heavy (non-hydrogen) atoms. The number of carbonyl (C=O) groups excluding carboxylic acids is 2. The molecule has 2 aromatic carbocycles. The van der Waals surface area contributed by atoms with Crippen LogP contribution in [0.5, 0.6) is 0 Å². The van der Waals surface area contributed by atoms with Crippen molar-refractivity contribution in [3.8, 4) is 0 Å². The topological polar surface area (TPSA) is 84.2 Å². The van der Waals surface area contributed by atoms with Gasteiger partial charge in [-0.2, -0.15) is 0 Å². The number of anilines is 3. The first-order valence-corrected chi connectivity index (χ1v) is 7.10. The zero-order valence-corrected chi connectivity index (χ0v) is 12.3. The Morgan fingerprint density at radius 3 is 2.18 bits per heavy atom. The molecule has 0 saturated heterocycles. The maximum absolute atomic E-state index is 12.9. The Kier molecular flexibility index (Phi) is 2.27. The monoisotopic (exact) mass is 293 g/mol. The molecule has 5 heteroatoms. The van der Waals surface area contributed by atoms with E-state index < -0.39 is 5.66 Å². The van der Waals surface area contributed by atoms with Crippen LogP contribution in [0, 0.1) is 0 Å². The fraction of sp³-hybridized carbons (Fsp3) is 0.176. The molecule has 0 atom stereocenters. The molecule has 0 unspecified atom stereocenters. The smallest absolute Gasteiger partial charge is 0.196 e. The first kappa shape index (κ1) is 12.9. The summed E-state index contributed by atoms with van der Waals surface area (Å²) >= 11 is 0. The minimum absolute atomic E-state index is 0.166. The molecule has 0 aromatic heterocycles. The lowest BCUT2D eigenvalue weighted by Gasteiger charge is -2.22. The van der Waals surface area contributed by atoms with Crippen LogP contribution in [0.1, 0.15) is 45.7 Å². The second-order valence-electron chi connectivity index (χ2n) is 6.22. The zero-order valence-electron chi connectivity index (χ0n) is 12.3. The predicted octanol–water partition coefficient (Wildman–Crippen LogP) is 2.62. The van der Waals surface area contributed by atoms with Crippen LogP contribution in [0.15, 0.2) is 30.3 Å². The van der Waals surface area contributed by atoms with E-state index in [1.54, 1.807) is 30.3 Å². The maximum atomic E-state index is 12.9. The standard InChI is InChI=1S/C17H15N3O2/c1-17(2)19-11-7-10(18)12-13(14(11)20-17)16(22)9-6-4-3-5-8(9)15(12)21/h3-7,19-20H,18H2,1-2H3. The molecule has 0 saturated carbocycles. The molecule has 4 rings (SSSR count). The Morgan fingerprint density at radius 2 is 1.55 bits per heavy atom. The van der Waals surface area contributed by atoms with Gasteiger partial charge in [-0.3, -0.25) is 9.59 Å². The highest BCUT2D eigenvalue weighted by atomic mass is 16.1. The van der Waals surface area contributed by atoms with Crippen molar-refractivity contribution < 1.29 is 9.59 Å². The van der Waals surface area contributed by atoms with Crippen molar-refractivity contribution in [2.24, 2.45) is 0 Å². The van der Waals surface area contributed by atoms with Gasteiger partial charge in [0.05, 0.1) is 22.5 Å². The summed E-state index contributed by atoms with van der Waals surface area (Å²) in [6.07, 6.45) is 0. The molecular formula is C17H15N3O2. The number of benzene rings is 2. The number of ketones is 2. The van der Waals surface area contributed by atoms with E-state index in [1.165, 1.54) is 0 Å². The van der Waals surface area contributed by atoms with Gasteiger partial charge in [-0.05, 0) is 19.9 Å². The SMILES string of the molecule is CC1(C)Nc2cc(N)c3c(c2N1)C(=O)c1ccccc1C3=O. The molecule has 0 fully saturated rings. The van der Waals surface area contributed by atoms with Crippen LogP contribution in [0.4, 0.5) is 17.1 Å². The molecular weight excluding hydrogens is 278 g/mol. The summed E-state index contributed by atoms with van der Waals surface area (Å²) in [6, 6.07) is 8.58. The highest BCUT2D eigenvalue weighted by Crippen LogP contribution is 2.44. The second-order valence-corrected chi connectivity index (χ2v) is 6.22. The average Bonchev–Trinajstić information content (AvgIpc) is 2.77.